The molecular formula is C24H24N2O3S2. The van der Waals surface area contributed by atoms with Crippen molar-refractivity contribution in [2.24, 2.45) is 0 Å². The molecule has 5 nitrogen and oxygen atoms in total. The third-order valence-corrected chi connectivity index (χ3v) is 7.10. The van der Waals surface area contributed by atoms with Crippen LogP contribution in [0.4, 0.5) is 5.69 Å². The molecule has 31 heavy (non-hydrogen) atoms. The summed E-state index contributed by atoms with van der Waals surface area (Å²) in [5.41, 5.74) is 2.09. The van der Waals surface area contributed by atoms with E-state index >= 15 is 0 Å². The highest BCUT2D eigenvalue weighted by Crippen LogP contribution is 2.44. The molecule has 0 saturated carbocycles. The number of hydrogen-bond acceptors (Lipinski definition) is 5. The van der Waals surface area contributed by atoms with Gasteiger partial charge < -0.3 is 15.0 Å². The largest absolute Gasteiger partial charge is 0.383 e. The van der Waals surface area contributed by atoms with Crippen LogP contribution < -0.4 is 5.32 Å². The van der Waals surface area contributed by atoms with Gasteiger partial charge in [-0.05, 0) is 47.5 Å². The molecule has 2 aromatic carbocycles. The van der Waals surface area contributed by atoms with Crippen molar-refractivity contribution >= 4 is 40.6 Å². The monoisotopic (exact) mass is 452 g/mol. The van der Waals surface area contributed by atoms with Gasteiger partial charge in [-0.3, -0.25) is 9.59 Å². The minimum Gasteiger partial charge on any atom is -0.383 e. The maximum Gasteiger partial charge on any atom is 0.254 e. The lowest BCUT2D eigenvalue weighted by Crippen LogP contribution is -2.47. The van der Waals surface area contributed by atoms with Gasteiger partial charge in [-0.15, -0.1) is 23.1 Å². The van der Waals surface area contributed by atoms with Crippen molar-refractivity contribution < 1.29 is 14.3 Å². The molecule has 1 aliphatic heterocycles. The maximum atomic E-state index is 13.7. The minimum absolute atomic E-state index is 0.0699. The fourth-order valence-corrected chi connectivity index (χ4v) is 5.34. The molecule has 7 heteroatoms. The Kier molecular flexibility index (Phi) is 6.75. The van der Waals surface area contributed by atoms with Crippen molar-refractivity contribution in [1.29, 1.82) is 0 Å². The number of anilines is 1. The van der Waals surface area contributed by atoms with E-state index in [0.717, 1.165) is 21.0 Å². The van der Waals surface area contributed by atoms with Crippen LogP contribution in [0.25, 0.3) is 0 Å². The lowest BCUT2D eigenvalue weighted by molar-refractivity contribution is -0.119. The Labute approximate surface area is 190 Å². The summed E-state index contributed by atoms with van der Waals surface area (Å²) >= 11 is 3.18. The summed E-state index contributed by atoms with van der Waals surface area (Å²) in [5.74, 6) is -0.721. The molecule has 2 heterocycles. The molecule has 2 unspecified atom stereocenters. The van der Waals surface area contributed by atoms with Crippen molar-refractivity contribution in [3.8, 4) is 0 Å². The zero-order valence-electron chi connectivity index (χ0n) is 17.4. The maximum absolute atomic E-state index is 13.7. The van der Waals surface area contributed by atoms with Gasteiger partial charge in [0, 0.05) is 34.7 Å². The zero-order valence-corrected chi connectivity index (χ0v) is 19.0. The van der Waals surface area contributed by atoms with E-state index in [-0.39, 0.29) is 17.9 Å². The number of benzene rings is 2. The van der Waals surface area contributed by atoms with Gasteiger partial charge in [0.2, 0.25) is 5.91 Å². The Balaban J connectivity index is 1.78. The molecule has 0 spiro atoms. The highest BCUT2D eigenvalue weighted by atomic mass is 32.2. The molecule has 0 radical (unpaired) electrons. The number of hydrogen-bond donors (Lipinski definition) is 1. The smallest absolute Gasteiger partial charge is 0.254 e. The van der Waals surface area contributed by atoms with Crippen LogP contribution in [0.15, 0.2) is 70.9 Å². The summed E-state index contributed by atoms with van der Waals surface area (Å²) in [4.78, 5) is 30.9. The molecule has 0 fully saturated rings. The molecule has 2 atom stereocenters. The zero-order chi connectivity index (χ0) is 21.8. The van der Waals surface area contributed by atoms with Gasteiger partial charge >= 0.3 is 0 Å². The average molecular weight is 453 g/mol. The molecular weight excluding hydrogens is 428 g/mol. The van der Waals surface area contributed by atoms with Gasteiger partial charge in [0.05, 0.1) is 18.6 Å². The fraction of sp³-hybridized carbons (Fsp3) is 0.250. The number of fused-ring (bicyclic) bond motifs is 1. The van der Waals surface area contributed by atoms with Gasteiger partial charge in [0.1, 0.15) is 0 Å². The number of nitrogens with zero attached hydrogens (tertiary/aromatic N) is 1. The van der Waals surface area contributed by atoms with Crippen molar-refractivity contribution in [1.82, 2.24) is 4.90 Å². The molecule has 0 aliphatic carbocycles. The van der Waals surface area contributed by atoms with Crippen LogP contribution in [-0.4, -0.2) is 43.2 Å². The number of amides is 2. The van der Waals surface area contributed by atoms with E-state index in [1.807, 2.05) is 66.2 Å². The van der Waals surface area contributed by atoms with E-state index in [1.54, 1.807) is 41.2 Å². The van der Waals surface area contributed by atoms with Gasteiger partial charge in [-0.1, -0.05) is 30.3 Å². The normalized spacial score (nSPS) is 18.0. The van der Waals surface area contributed by atoms with Crippen LogP contribution >= 0.6 is 23.1 Å². The van der Waals surface area contributed by atoms with Gasteiger partial charge in [0.25, 0.3) is 5.91 Å². The summed E-state index contributed by atoms with van der Waals surface area (Å²) in [6, 6.07) is 18.8. The summed E-state index contributed by atoms with van der Waals surface area (Å²) in [7, 11) is 1.62. The summed E-state index contributed by atoms with van der Waals surface area (Å²) in [6.07, 6.45) is 2.00. The first-order chi connectivity index (χ1) is 15.1. The van der Waals surface area contributed by atoms with Gasteiger partial charge in [0.15, 0.2) is 0 Å². The van der Waals surface area contributed by atoms with E-state index in [9.17, 15) is 9.59 Å². The Morgan fingerprint density at radius 2 is 2.00 bits per heavy atom. The Hall–Kier alpha value is -2.61. The molecule has 4 rings (SSSR count). The minimum atomic E-state index is -0.526. The lowest BCUT2D eigenvalue weighted by Gasteiger charge is -2.41. The standard InChI is InChI=1S/C24H24N2O3S2/c1-29-13-12-26-22(20-11-6-14-31-20)21(18-9-3-4-10-19(18)24(26)28)23(27)25-16-7-5-8-17(15-16)30-2/h3-11,14-15,21-22H,12-13H2,1-2H3,(H,25,27). The summed E-state index contributed by atoms with van der Waals surface area (Å²) in [5, 5.41) is 5.07. The SMILES string of the molecule is COCCN1C(=O)c2ccccc2C(C(=O)Nc2cccc(SC)c2)C1c1cccs1. The number of carbonyl (C=O) groups excluding carboxylic acids is 2. The quantitative estimate of drug-likeness (QED) is 0.511. The van der Waals surface area contributed by atoms with Gasteiger partial charge in [-0.25, -0.2) is 0 Å². The topological polar surface area (TPSA) is 58.6 Å². The van der Waals surface area contributed by atoms with Crippen LogP contribution in [0.1, 0.15) is 32.8 Å². The molecule has 160 valence electrons. The molecule has 1 aromatic heterocycles. The van der Waals surface area contributed by atoms with E-state index in [0.29, 0.717) is 18.7 Å². The number of rotatable bonds is 7. The summed E-state index contributed by atoms with van der Waals surface area (Å²) in [6.45, 7) is 0.817. The second kappa shape index (κ2) is 9.68. The van der Waals surface area contributed by atoms with Gasteiger partial charge in [-0.2, -0.15) is 0 Å². The first-order valence-electron chi connectivity index (χ1n) is 10.0. The number of carbonyl (C=O) groups is 2. The fourth-order valence-electron chi connectivity index (χ4n) is 4.01. The predicted molar refractivity (Wildman–Crippen MR) is 126 cm³/mol. The second-order valence-corrected chi connectivity index (χ2v) is 9.10. The first-order valence-corrected chi connectivity index (χ1v) is 12.1. The predicted octanol–water partition coefficient (Wildman–Crippen LogP) is 5.04. The van der Waals surface area contributed by atoms with Crippen LogP contribution in [-0.2, 0) is 9.53 Å². The number of ether oxygens (including phenoxy) is 1. The molecule has 1 aliphatic rings. The highest BCUT2D eigenvalue weighted by molar-refractivity contribution is 7.98. The number of thioether (sulfide) groups is 1. The average Bonchev–Trinajstić information content (AvgIpc) is 3.33. The highest BCUT2D eigenvalue weighted by Gasteiger charge is 2.44. The molecule has 0 saturated heterocycles. The van der Waals surface area contributed by atoms with E-state index in [1.165, 1.54) is 0 Å². The lowest BCUT2D eigenvalue weighted by atomic mass is 9.81. The molecule has 2 amide bonds. The van der Waals surface area contributed by atoms with Crippen LogP contribution in [0.5, 0.6) is 0 Å². The first kappa shape index (κ1) is 21.6. The van der Waals surface area contributed by atoms with Crippen molar-refractivity contribution in [2.75, 3.05) is 31.8 Å². The van der Waals surface area contributed by atoms with Crippen molar-refractivity contribution in [3.63, 3.8) is 0 Å². The molecule has 1 N–H and O–H groups in total. The number of thiophene rings is 1. The summed E-state index contributed by atoms with van der Waals surface area (Å²) < 4.78 is 5.27. The van der Waals surface area contributed by atoms with Crippen molar-refractivity contribution in [3.05, 3.63) is 82.0 Å². The number of methoxy groups -OCH3 is 1. The Morgan fingerprint density at radius 1 is 1.16 bits per heavy atom. The van der Waals surface area contributed by atoms with E-state index in [4.69, 9.17) is 4.74 Å². The third-order valence-electron chi connectivity index (χ3n) is 5.43. The van der Waals surface area contributed by atoms with Crippen molar-refractivity contribution in [2.45, 2.75) is 16.9 Å². The Morgan fingerprint density at radius 3 is 2.74 bits per heavy atom. The molecule has 0 bridgehead atoms. The second-order valence-electron chi connectivity index (χ2n) is 7.24. The number of nitrogens with one attached hydrogen (secondary N) is 1. The van der Waals surface area contributed by atoms with Crippen LogP contribution in [0.3, 0.4) is 0 Å². The van der Waals surface area contributed by atoms with E-state index < -0.39 is 5.92 Å². The van der Waals surface area contributed by atoms with E-state index in [2.05, 4.69) is 5.32 Å². The van der Waals surface area contributed by atoms with Crippen LogP contribution in [0.2, 0.25) is 0 Å². The Bertz CT molecular complexity index is 1070. The molecule has 3 aromatic rings. The third kappa shape index (κ3) is 4.39. The van der Waals surface area contributed by atoms with Crippen LogP contribution in [0, 0.1) is 0 Å².